The highest BCUT2D eigenvalue weighted by Crippen LogP contribution is 2.27. The van der Waals surface area contributed by atoms with Crippen LogP contribution in [0.1, 0.15) is 12.0 Å². The van der Waals surface area contributed by atoms with Gasteiger partial charge in [-0.15, -0.1) is 0 Å². The third-order valence-corrected chi connectivity index (χ3v) is 2.89. The Morgan fingerprint density at radius 1 is 1.25 bits per heavy atom. The van der Waals surface area contributed by atoms with E-state index in [9.17, 15) is 0 Å². The number of nitrogens with zero attached hydrogens (tertiary/aromatic N) is 1. The molecular weight excluding hydrogens is 206 g/mol. The maximum atomic E-state index is 5.33. The first-order valence-corrected chi connectivity index (χ1v) is 5.35. The Kier molecular flexibility index (Phi) is 2.29. The van der Waals surface area contributed by atoms with E-state index in [0.29, 0.717) is 0 Å². The molecule has 0 N–H and O–H groups in total. The molecule has 0 unspecified atom stereocenters. The minimum absolute atomic E-state index is 0.108. The predicted molar refractivity (Wildman–Crippen MR) is 58.8 cm³/mol. The van der Waals surface area contributed by atoms with Gasteiger partial charge in [-0.05, 0) is 29.8 Å². The van der Waals surface area contributed by atoms with Crippen molar-refractivity contribution in [2.75, 3.05) is 13.7 Å². The van der Waals surface area contributed by atoms with Gasteiger partial charge in [-0.1, -0.05) is 5.16 Å². The minimum Gasteiger partial charge on any atom is -0.497 e. The molecule has 2 aliphatic heterocycles. The van der Waals surface area contributed by atoms with E-state index in [4.69, 9.17) is 14.3 Å². The summed E-state index contributed by atoms with van der Waals surface area (Å²) in [4.78, 5) is 5.33. The second kappa shape index (κ2) is 3.79. The average molecular weight is 219 g/mol. The summed E-state index contributed by atoms with van der Waals surface area (Å²) in [6.07, 6.45) is 1.19. The van der Waals surface area contributed by atoms with Gasteiger partial charge in [-0.2, -0.15) is 0 Å². The Morgan fingerprint density at radius 2 is 2.00 bits per heavy atom. The summed E-state index contributed by atoms with van der Waals surface area (Å²) in [5.74, 6) is 0.852. The first-order chi connectivity index (χ1) is 7.86. The molecule has 3 rings (SSSR count). The van der Waals surface area contributed by atoms with E-state index < -0.39 is 0 Å². The summed E-state index contributed by atoms with van der Waals surface area (Å²) in [5, 5.41) is 4.10. The van der Waals surface area contributed by atoms with Crippen LogP contribution in [0.5, 0.6) is 5.75 Å². The molecule has 4 nitrogen and oxygen atoms in total. The topological polar surface area (TPSA) is 43.4 Å². The molecule has 0 amide bonds. The van der Waals surface area contributed by atoms with Gasteiger partial charge in [0, 0.05) is 6.42 Å². The Morgan fingerprint density at radius 3 is 2.62 bits per heavy atom. The van der Waals surface area contributed by atoms with Gasteiger partial charge in [-0.25, -0.2) is 0 Å². The summed E-state index contributed by atoms with van der Waals surface area (Å²) < 4.78 is 10.3. The van der Waals surface area contributed by atoms with Crippen molar-refractivity contribution in [2.24, 2.45) is 5.16 Å². The van der Waals surface area contributed by atoms with Crippen molar-refractivity contribution < 1.29 is 14.3 Å². The molecule has 1 saturated heterocycles. The molecule has 0 saturated carbocycles. The van der Waals surface area contributed by atoms with Gasteiger partial charge in [0.15, 0.2) is 6.10 Å². The number of oxime groups is 1. The zero-order valence-corrected chi connectivity index (χ0v) is 9.05. The summed E-state index contributed by atoms with van der Waals surface area (Å²) in [5.41, 5.74) is 2.08. The second-order valence-electron chi connectivity index (χ2n) is 3.99. The number of rotatable bonds is 3. The van der Waals surface area contributed by atoms with E-state index in [1.807, 2.05) is 24.3 Å². The Bertz CT molecular complexity index is 409. The second-order valence-corrected chi connectivity index (χ2v) is 3.99. The van der Waals surface area contributed by atoms with E-state index in [2.05, 4.69) is 5.16 Å². The lowest BCUT2D eigenvalue weighted by atomic mass is 10.0. The van der Waals surface area contributed by atoms with Crippen LogP contribution in [-0.4, -0.2) is 31.6 Å². The van der Waals surface area contributed by atoms with Crippen LogP contribution in [0.3, 0.4) is 0 Å². The fourth-order valence-electron chi connectivity index (χ4n) is 1.82. The van der Waals surface area contributed by atoms with Crippen LogP contribution < -0.4 is 4.74 Å². The van der Waals surface area contributed by atoms with Crippen LogP contribution in [0.15, 0.2) is 29.4 Å². The van der Waals surface area contributed by atoms with E-state index in [1.54, 1.807) is 7.11 Å². The van der Waals surface area contributed by atoms with Crippen molar-refractivity contribution in [1.82, 2.24) is 0 Å². The highest BCUT2D eigenvalue weighted by atomic mass is 16.7. The molecule has 84 valence electrons. The number of ether oxygens (including phenoxy) is 2. The van der Waals surface area contributed by atoms with Crippen LogP contribution in [-0.2, 0) is 9.57 Å². The molecule has 1 aromatic rings. The molecule has 2 atom stereocenters. The monoisotopic (exact) mass is 219 g/mol. The normalized spacial score (nSPS) is 27.2. The van der Waals surface area contributed by atoms with Crippen LogP contribution >= 0.6 is 0 Å². The largest absolute Gasteiger partial charge is 0.497 e. The highest BCUT2D eigenvalue weighted by molar-refractivity contribution is 6.01. The van der Waals surface area contributed by atoms with Gasteiger partial charge in [0.05, 0.1) is 19.4 Å². The third-order valence-electron chi connectivity index (χ3n) is 2.89. The van der Waals surface area contributed by atoms with Crippen molar-refractivity contribution in [3.8, 4) is 5.75 Å². The molecule has 0 bridgehead atoms. The Hall–Kier alpha value is -1.55. The maximum absolute atomic E-state index is 5.33. The van der Waals surface area contributed by atoms with E-state index in [-0.39, 0.29) is 12.2 Å². The number of epoxide rings is 1. The van der Waals surface area contributed by atoms with Crippen molar-refractivity contribution in [1.29, 1.82) is 0 Å². The van der Waals surface area contributed by atoms with Crippen molar-refractivity contribution in [3.63, 3.8) is 0 Å². The molecule has 0 radical (unpaired) electrons. The standard InChI is InChI=1S/C12H13NO3/c1-14-9-4-2-8(3-5-9)10-6-11(16-13-10)12-7-15-12/h2-5,11-12H,6-7H2,1H3/t11-,12-/m0/s1. The van der Waals surface area contributed by atoms with E-state index >= 15 is 0 Å². The summed E-state index contributed by atoms with van der Waals surface area (Å²) in [6.45, 7) is 0.802. The molecule has 0 aromatic heterocycles. The minimum atomic E-state index is 0.108. The Balaban J connectivity index is 1.72. The predicted octanol–water partition coefficient (Wildman–Crippen LogP) is 1.59. The molecule has 1 fully saturated rings. The highest BCUT2D eigenvalue weighted by Gasteiger charge is 2.38. The lowest BCUT2D eigenvalue weighted by Crippen LogP contribution is -2.15. The van der Waals surface area contributed by atoms with Gasteiger partial charge >= 0.3 is 0 Å². The fraction of sp³-hybridized carbons (Fsp3) is 0.417. The average Bonchev–Trinajstić information content (AvgIpc) is 3.08. The van der Waals surface area contributed by atoms with Gasteiger partial charge in [0.25, 0.3) is 0 Å². The molecule has 4 heteroatoms. The lowest BCUT2D eigenvalue weighted by molar-refractivity contribution is 0.0627. The van der Waals surface area contributed by atoms with Crippen LogP contribution in [0, 0.1) is 0 Å². The van der Waals surface area contributed by atoms with Crippen LogP contribution in [0.25, 0.3) is 0 Å². The number of hydrogen-bond acceptors (Lipinski definition) is 4. The fourth-order valence-corrected chi connectivity index (χ4v) is 1.82. The summed E-state index contributed by atoms with van der Waals surface area (Å²) >= 11 is 0. The molecule has 2 heterocycles. The molecule has 16 heavy (non-hydrogen) atoms. The summed E-state index contributed by atoms with van der Waals surface area (Å²) in [6, 6.07) is 7.85. The smallest absolute Gasteiger partial charge is 0.161 e. The van der Waals surface area contributed by atoms with Gasteiger partial charge < -0.3 is 14.3 Å². The van der Waals surface area contributed by atoms with Gasteiger partial charge in [-0.3, -0.25) is 0 Å². The summed E-state index contributed by atoms with van der Waals surface area (Å²) in [7, 11) is 1.66. The molecule has 0 aliphatic carbocycles. The first kappa shape index (κ1) is 9.66. The number of methoxy groups -OCH3 is 1. The van der Waals surface area contributed by atoms with Crippen LogP contribution in [0.2, 0.25) is 0 Å². The van der Waals surface area contributed by atoms with Crippen molar-refractivity contribution in [2.45, 2.75) is 18.6 Å². The lowest BCUT2D eigenvalue weighted by Gasteiger charge is -2.03. The number of hydrogen-bond donors (Lipinski definition) is 0. The van der Waals surface area contributed by atoms with Crippen molar-refractivity contribution >= 4 is 5.71 Å². The zero-order valence-electron chi connectivity index (χ0n) is 9.05. The molecule has 1 aromatic carbocycles. The van der Waals surface area contributed by atoms with Crippen LogP contribution in [0.4, 0.5) is 0 Å². The van der Waals surface area contributed by atoms with Gasteiger partial charge in [0.2, 0.25) is 0 Å². The maximum Gasteiger partial charge on any atom is 0.161 e. The Labute approximate surface area is 93.8 Å². The molecule has 2 aliphatic rings. The molecule has 0 spiro atoms. The van der Waals surface area contributed by atoms with Crippen molar-refractivity contribution in [3.05, 3.63) is 29.8 Å². The number of benzene rings is 1. The van der Waals surface area contributed by atoms with E-state index in [0.717, 1.165) is 30.1 Å². The van der Waals surface area contributed by atoms with E-state index in [1.165, 1.54) is 0 Å². The quantitative estimate of drug-likeness (QED) is 0.725. The third kappa shape index (κ3) is 1.76. The SMILES string of the molecule is COc1ccc(C2=NO[C@H]([C@@H]3CO3)C2)cc1. The molecular formula is C12H13NO3. The first-order valence-electron chi connectivity index (χ1n) is 5.35. The van der Waals surface area contributed by atoms with Gasteiger partial charge in [0.1, 0.15) is 11.9 Å². The zero-order chi connectivity index (χ0) is 11.0.